The van der Waals surface area contributed by atoms with Gasteiger partial charge in [-0.3, -0.25) is 4.79 Å². The number of amides is 1. The smallest absolute Gasteiger partial charge is 0.256 e. The number of carbonyl (C=O) groups excluding carboxylic acids is 1. The molecule has 0 aromatic carbocycles. The molecule has 0 bridgehead atoms. The molecule has 1 aromatic rings. The predicted molar refractivity (Wildman–Crippen MR) is 99.5 cm³/mol. The molecule has 3 aliphatic heterocycles. The molecule has 1 atom stereocenters. The molecule has 3 aliphatic rings. The Hall–Kier alpha value is -2.39. The van der Waals surface area contributed by atoms with Crippen molar-refractivity contribution in [3.05, 3.63) is 48.1 Å². The van der Waals surface area contributed by atoms with Crippen molar-refractivity contribution in [3.8, 4) is 0 Å². The van der Waals surface area contributed by atoms with Gasteiger partial charge in [-0.2, -0.15) is 0 Å². The second-order valence-corrected chi connectivity index (χ2v) is 8.74. The van der Waals surface area contributed by atoms with Crippen LogP contribution in [-0.4, -0.2) is 57.0 Å². The lowest BCUT2D eigenvalue weighted by Crippen LogP contribution is -3.11. The van der Waals surface area contributed by atoms with E-state index in [9.17, 15) is 13.2 Å². The Kier molecular flexibility index (Phi) is 4.88. The van der Waals surface area contributed by atoms with Crippen molar-refractivity contribution in [1.29, 1.82) is 0 Å². The van der Waals surface area contributed by atoms with E-state index in [4.69, 9.17) is 4.42 Å². The Morgan fingerprint density at radius 3 is 2.89 bits per heavy atom. The van der Waals surface area contributed by atoms with Crippen LogP contribution >= 0.6 is 0 Å². The van der Waals surface area contributed by atoms with Gasteiger partial charge in [-0.05, 0) is 24.3 Å². The van der Waals surface area contributed by atoms with Gasteiger partial charge in [0.25, 0.3) is 15.9 Å². The van der Waals surface area contributed by atoms with Gasteiger partial charge in [0.1, 0.15) is 5.84 Å². The lowest BCUT2D eigenvalue weighted by molar-refractivity contribution is -0.919. The molecular formula is C18H23N4O4S+. The summed E-state index contributed by atoms with van der Waals surface area (Å²) in [7, 11) is -3.39. The summed E-state index contributed by atoms with van der Waals surface area (Å²) in [6.45, 7) is 2.94. The topological polar surface area (TPSA) is 96.4 Å². The minimum absolute atomic E-state index is 0.0470. The van der Waals surface area contributed by atoms with Crippen LogP contribution in [0.5, 0.6) is 0 Å². The molecule has 1 saturated heterocycles. The van der Waals surface area contributed by atoms with E-state index < -0.39 is 10.0 Å². The zero-order valence-corrected chi connectivity index (χ0v) is 15.7. The molecule has 1 aromatic heterocycles. The molecule has 9 heteroatoms. The van der Waals surface area contributed by atoms with E-state index in [1.165, 1.54) is 17.7 Å². The fraction of sp³-hybridized carbons (Fsp3) is 0.444. The number of quaternary nitrogens is 1. The number of fused-ring (bicyclic) bond motifs is 1. The summed E-state index contributed by atoms with van der Waals surface area (Å²) in [5.74, 6) is 1.01. The van der Waals surface area contributed by atoms with Crippen molar-refractivity contribution < 1.29 is 22.5 Å². The molecule has 144 valence electrons. The summed E-state index contributed by atoms with van der Waals surface area (Å²) in [6.07, 6.45) is 8.88. The van der Waals surface area contributed by atoms with Crippen LogP contribution in [0, 0.1) is 0 Å². The van der Waals surface area contributed by atoms with Crippen LogP contribution in [0.2, 0.25) is 0 Å². The predicted octanol–water partition coefficient (Wildman–Crippen LogP) is -0.387. The first kappa shape index (κ1) is 18.0. The summed E-state index contributed by atoms with van der Waals surface area (Å²) >= 11 is 0. The zero-order valence-electron chi connectivity index (χ0n) is 14.9. The van der Waals surface area contributed by atoms with E-state index in [0.29, 0.717) is 24.5 Å². The van der Waals surface area contributed by atoms with Crippen molar-refractivity contribution in [2.45, 2.75) is 18.9 Å². The van der Waals surface area contributed by atoms with E-state index in [1.54, 1.807) is 29.5 Å². The highest BCUT2D eigenvalue weighted by molar-refractivity contribution is 7.90. The number of amidine groups is 1. The third-order valence-corrected chi connectivity index (χ3v) is 6.34. The normalized spacial score (nSPS) is 22.7. The van der Waals surface area contributed by atoms with Gasteiger partial charge in [-0.25, -0.2) is 8.42 Å². The highest BCUT2D eigenvalue weighted by Gasteiger charge is 2.30. The molecule has 4 heterocycles. The van der Waals surface area contributed by atoms with E-state index in [-0.39, 0.29) is 17.7 Å². The van der Waals surface area contributed by atoms with Crippen molar-refractivity contribution in [1.82, 2.24) is 10.2 Å². The van der Waals surface area contributed by atoms with E-state index in [0.717, 1.165) is 18.8 Å². The van der Waals surface area contributed by atoms with Crippen molar-refractivity contribution in [3.63, 3.8) is 0 Å². The number of likely N-dealkylation sites (tertiary alicyclic amines) is 1. The summed E-state index contributed by atoms with van der Waals surface area (Å²) in [6, 6.07) is 3.92. The molecule has 8 nitrogen and oxygen atoms in total. The third kappa shape index (κ3) is 3.98. The largest absolute Gasteiger partial charge is 0.463 e. The molecule has 0 spiro atoms. The molecule has 1 amide bonds. The van der Waals surface area contributed by atoms with E-state index in [1.807, 2.05) is 12.1 Å². The monoisotopic (exact) mass is 391 g/mol. The van der Waals surface area contributed by atoms with E-state index >= 15 is 0 Å². The number of sulfonamides is 1. The number of furan rings is 1. The summed E-state index contributed by atoms with van der Waals surface area (Å²) in [5, 5.41) is 3.01. The Morgan fingerprint density at radius 2 is 2.15 bits per heavy atom. The lowest BCUT2D eigenvalue weighted by atomic mass is 10.1. The average Bonchev–Trinajstić information content (AvgIpc) is 3.35. The Balaban J connectivity index is 1.43. The van der Waals surface area contributed by atoms with Gasteiger partial charge in [-0.1, -0.05) is 0 Å². The van der Waals surface area contributed by atoms with Crippen LogP contribution in [0.1, 0.15) is 24.6 Å². The average molecular weight is 391 g/mol. The van der Waals surface area contributed by atoms with Crippen LogP contribution in [0.15, 0.2) is 51.1 Å². The molecule has 1 fully saturated rings. The Morgan fingerprint density at radius 1 is 1.33 bits per heavy atom. The lowest BCUT2D eigenvalue weighted by Gasteiger charge is -2.27. The van der Waals surface area contributed by atoms with Crippen molar-refractivity contribution >= 4 is 21.8 Å². The number of rotatable bonds is 5. The summed E-state index contributed by atoms with van der Waals surface area (Å²) in [4.78, 5) is 15.8. The van der Waals surface area contributed by atoms with Gasteiger partial charge in [-0.15, -0.1) is 4.40 Å². The summed E-state index contributed by atoms with van der Waals surface area (Å²) < 4.78 is 32.5. The van der Waals surface area contributed by atoms with Gasteiger partial charge < -0.3 is 19.5 Å². The third-order valence-electron chi connectivity index (χ3n) is 5.18. The van der Waals surface area contributed by atoms with Gasteiger partial charge in [0.15, 0.2) is 11.8 Å². The molecule has 2 N–H and O–H groups in total. The van der Waals surface area contributed by atoms with Crippen LogP contribution in [-0.2, 0) is 14.8 Å². The molecule has 0 saturated carbocycles. The van der Waals surface area contributed by atoms with E-state index in [2.05, 4.69) is 9.71 Å². The van der Waals surface area contributed by atoms with Crippen LogP contribution < -0.4 is 10.2 Å². The van der Waals surface area contributed by atoms with Crippen LogP contribution in [0.4, 0.5) is 0 Å². The molecule has 0 unspecified atom stereocenters. The SMILES string of the molecule is O=C(NC[C@@H](c1ccco1)[NH+]1CCCC1)C1=CN2CCS(=O)(=O)N=C2C=C1. The molecule has 0 aliphatic carbocycles. The van der Waals surface area contributed by atoms with Gasteiger partial charge in [0.2, 0.25) is 0 Å². The maximum atomic E-state index is 12.6. The van der Waals surface area contributed by atoms with Crippen molar-refractivity contribution in [2.24, 2.45) is 4.40 Å². The van der Waals surface area contributed by atoms with Gasteiger partial charge >= 0.3 is 0 Å². The minimum atomic E-state index is -3.39. The molecule has 4 rings (SSSR count). The zero-order chi connectivity index (χ0) is 18.9. The maximum Gasteiger partial charge on any atom is 0.256 e. The second kappa shape index (κ2) is 7.32. The first-order valence-electron chi connectivity index (χ1n) is 9.17. The second-order valence-electron chi connectivity index (χ2n) is 6.99. The number of hydrogen-bond acceptors (Lipinski definition) is 5. The number of carbonyl (C=O) groups is 1. The molecule has 27 heavy (non-hydrogen) atoms. The maximum absolute atomic E-state index is 12.6. The quantitative estimate of drug-likeness (QED) is 0.713. The Labute approximate surface area is 158 Å². The number of hydrogen-bond donors (Lipinski definition) is 2. The number of nitrogens with one attached hydrogen (secondary N) is 2. The Bertz CT molecular complexity index is 896. The molecule has 0 radical (unpaired) electrons. The van der Waals surface area contributed by atoms with Gasteiger partial charge in [0.05, 0.1) is 37.2 Å². The van der Waals surface area contributed by atoms with Crippen LogP contribution in [0.3, 0.4) is 0 Å². The highest BCUT2D eigenvalue weighted by Crippen LogP contribution is 2.16. The highest BCUT2D eigenvalue weighted by atomic mass is 32.2. The fourth-order valence-electron chi connectivity index (χ4n) is 3.75. The minimum Gasteiger partial charge on any atom is -0.463 e. The number of nitrogens with zero attached hydrogens (tertiary/aromatic N) is 2. The van der Waals surface area contributed by atoms with Gasteiger partial charge in [0, 0.05) is 25.6 Å². The summed E-state index contributed by atoms with van der Waals surface area (Å²) in [5.41, 5.74) is 0.489. The standard InChI is InChI=1S/C18H22N4O4S/c23-18(14-5-6-17-20-27(24,25)11-9-22(17)13-14)19-12-15(16-4-3-10-26-16)21-7-1-2-8-21/h3-6,10,13,15H,1-2,7-9,11-12H2,(H,19,23)/p+1/t15-/m0/s1. The van der Waals surface area contributed by atoms with Crippen LogP contribution in [0.25, 0.3) is 0 Å². The first-order chi connectivity index (χ1) is 13.0. The molecular weight excluding hydrogens is 368 g/mol. The first-order valence-corrected chi connectivity index (χ1v) is 10.8. The fourth-order valence-corrected chi connectivity index (χ4v) is 4.71. The van der Waals surface area contributed by atoms with Crippen molar-refractivity contribution in [2.75, 3.05) is 31.9 Å².